The maximum absolute atomic E-state index is 11.9. The van der Waals surface area contributed by atoms with Crippen LogP contribution in [0.5, 0.6) is 0 Å². The lowest BCUT2D eigenvalue weighted by atomic mass is 9.77. The number of aromatic nitrogens is 1. The van der Waals surface area contributed by atoms with Gasteiger partial charge in [-0.1, -0.05) is 96.2 Å². The average Bonchev–Trinajstić information content (AvgIpc) is 3.38. The topological polar surface area (TPSA) is 108 Å². The van der Waals surface area contributed by atoms with E-state index in [9.17, 15) is 9.90 Å². The molecule has 3 aromatic carbocycles. The van der Waals surface area contributed by atoms with Crippen molar-refractivity contribution >= 4 is 39.9 Å². The summed E-state index contributed by atoms with van der Waals surface area (Å²) >= 11 is 2.29. The van der Waals surface area contributed by atoms with Crippen LogP contribution < -0.4 is 5.32 Å². The molecular formula is C27H22N4O3S2. The van der Waals surface area contributed by atoms with Crippen LogP contribution in [0, 0.1) is 10.7 Å². The van der Waals surface area contributed by atoms with Crippen LogP contribution in [-0.2, 0) is 15.2 Å². The number of benzene rings is 3. The Balaban J connectivity index is 1.76. The van der Waals surface area contributed by atoms with Crippen LogP contribution in [0.4, 0.5) is 5.13 Å². The SMILES string of the molecule is N#CSCCO/N=C(\C(=O)O)c1csc(NC(c2ccccc2)(c2ccccc2)c2ccccc2)n1. The van der Waals surface area contributed by atoms with Gasteiger partial charge in [-0.25, -0.2) is 9.78 Å². The maximum Gasteiger partial charge on any atom is 0.360 e. The lowest BCUT2D eigenvalue weighted by Crippen LogP contribution is -2.38. The van der Waals surface area contributed by atoms with Crippen LogP contribution in [0.15, 0.2) is 102 Å². The maximum atomic E-state index is 11.9. The van der Waals surface area contributed by atoms with Crippen molar-refractivity contribution in [2.24, 2.45) is 5.16 Å². The highest BCUT2D eigenvalue weighted by Crippen LogP contribution is 2.40. The second-order valence-corrected chi connectivity index (χ2v) is 9.27. The molecule has 1 aromatic heterocycles. The summed E-state index contributed by atoms with van der Waals surface area (Å²) in [4.78, 5) is 21.5. The van der Waals surface area contributed by atoms with Crippen molar-refractivity contribution in [1.29, 1.82) is 5.26 Å². The molecule has 0 bridgehead atoms. The van der Waals surface area contributed by atoms with Crippen LogP contribution >= 0.6 is 23.1 Å². The second-order valence-electron chi connectivity index (χ2n) is 7.53. The molecule has 4 aromatic rings. The van der Waals surface area contributed by atoms with Gasteiger partial charge in [-0.3, -0.25) is 0 Å². The summed E-state index contributed by atoms with van der Waals surface area (Å²) < 4.78 is 0. The predicted octanol–water partition coefficient (Wildman–Crippen LogP) is 5.57. The molecule has 0 aliphatic carbocycles. The lowest BCUT2D eigenvalue weighted by molar-refractivity contribution is -0.129. The Kier molecular flexibility index (Phi) is 8.34. The summed E-state index contributed by atoms with van der Waals surface area (Å²) in [6, 6.07) is 30.2. The lowest BCUT2D eigenvalue weighted by Gasteiger charge is -2.36. The van der Waals surface area contributed by atoms with Crippen molar-refractivity contribution in [3.63, 3.8) is 0 Å². The van der Waals surface area contributed by atoms with E-state index >= 15 is 0 Å². The van der Waals surface area contributed by atoms with E-state index in [1.807, 2.05) is 60.0 Å². The summed E-state index contributed by atoms with van der Waals surface area (Å²) in [5.41, 5.74) is 2.11. The zero-order chi connectivity index (χ0) is 25.2. The van der Waals surface area contributed by atoms with Crippen molar-refractivity contribution in [2.45, 2.75) is 5.54 Å². The molecule has 1 heterocycles. The van der Waals surface area contributed by atoms with E-state index in [1.54, 1.807) is 5.38 Å². The Morgan fingerprint density at radius 1 is 1.00 bits per heavy atom. The highest BCUT2D eigenvalue weighted by molar-refractivity contribution is 8.03. The number of oxime groups is 1. The third kappa shape index (κ3) is 5.57. The number of anilines is 1. The van der Waals surface area contributed by atoms with Gasteiger partial charge in [-0.2, -0.15) is 5.26 Å². The molecule has 0 fully saturated rings. The monoisotopic (exact) mass is 514 g/mol. The first-order valence-electron chi connectivity index (χ1n) is 11.0. The molecule has 0 amide bonds. The van der Waals surface area contributed by atoms with E-state index in [0.717, 1.165) is 28.5 Å². The minimum absolute atomic E-state index is 0.114. The van der Waals surface area contributed by atoms with E-state index < -0.39 is 11.5 Å². The Labute approximate surface area is 217 Å². The van der Waals surface area contributed by atoms with Gasteiger partial charge in [0.2, 0.25) is 5.71 Å². The molecule has 0 aliphatic heterocycles. The number of rotatable bonds is 11. The van der Waals surface area contributed by atoms with Crippen LogP contribution in [0.3, 0.4) is 0 Å². The molecule has 0 aliphatic rings. The number of nitriles is 1. The smallest absolute Gasteiger partial charge is 0.360 e. The highest BCUT2D eigenvalue weighted by Gasteiger charge is 2.37. The number of carbonyl (C=O) groups is 1. The number of thiocyanates is 1. The molecule has 36 heavy (non-hydrogen) atoms. The van der Waals surface area contributed by atoms with Crippen molar-refractivity contribution < 1.29 is 14.7 Å². The average molecular weight is 515 g/mol. The molecule has 0 unspecified atom stereocenters. The zero-order valence-corrected chi connectivity index (χ0v) is 20.7. The van der Waals surface area contributed by atoms with E-state index in [1.165, 1.54) is 11.3 Å². The van der Waals surface area contributed by atoms with Crippen LogP contribution in [0.2, 0.25) is 0 Å². The number of nitrogens with one attached hydrogen (secondary N) is 1. The normalized spacial score (nSPS) is 11.5. The summed E-state index contributed by atoms with van der Waals surface area (Å²) in [6.07, 6.45) is 0. The number of thiazole rings is 1. The highest BCUT2D eigenvalue weighted by atomic mass is 32.2. The Hall–Kier alpha value is -4.13. The largest absolute Gasteiger partial charge is 0.476 e. The van der Waals surface area contributed by atoms with Gasteiger partial charge in [0.25, 0.3) is 0 Å². The molecule has 7 nitrogen and oxygen atoms in total. The van der Waals surface area contributed by atoms with E-state index in [0.29, 0.717) is 10.9 Å². The first-order valence-corrected chi connectivity index (χ1v) is 12.9. The first-order chi connectivity index (χ1) is 17.6. The molecule has 0 saturated carbocycles. The molecule has 2 N–H and O–H groups in total. The summed E-state index contributed by atoms with van der Waals surface area (Å²) in [6.45, 7) is 0.114. The van der Waals surface area contributed by atoms with Gasteiger partial charge < -0.3 is 15.3 Å². The number of nitrogens with zero attached hydrogens (tertiary/aromatic N) is 3. The number of carboxylic acids is 1. The van der Waals surface area contributed by atoms with Crippen LogP contribution in [0.25, 0.3) is 0 Å². The van der Waals surface area contributed by atoms with Crippen molar-refractivity contribution in [1.82, 2.24) is 4.98 Å². The zero-order valence-electron chi connectivity index (χ0n) is 19.1. The Morgan fingerprint density at radius 3 is 2.00 bits per heavy atom. The quantitative estimate of drug-likeness (QED) is 0.0886. The molecule has 0 saturated heterocycles. The van der Waals surface area contributed by atoms with E-state index in [-0.39, 0.29) is 18.0 Å². The summed E-state index contributed by atoms with van der Waals surface area (Å²) in [7, 11) is 0. The van der Waals surface area contributed by atoms with Gasteiger partial charge in [0.05, 0.1) is 0 Å². The van der Waals surface area contributed by atoms with Gasteiger partial charge in [0.15, 0.2) is 5.13 Å². The van der Waals surface area contributed by atoms with Crippen LogP contribution in [-0.4, -0.2) is 34.1 Å². The van der Waals surface area contributed by atoms with Gasteiger partial charge in [-0.05, 0) is 28.5 Å². The number of carboxylic acid groups (broad SMARTS) is 1. The first kappa shape index (κ1) is 25.0. The van der Waals surface area contributed by atoms with Gasteiger partial charge in [0, 0.05) is 11.1 Å². The van der Waals surface area contributed by atoms with E-state index in [4.69, 9.17) is 10.1 Å². The summed E-state index contributed by atoms with van der Waals surface area (Å²) in [5.74, 6) is -0.870. The summed E-state index contributed by atoms with van der Waals surface area (Å²) in [5, 5.41) is 29.7. The predicted molar refractivity (Wildman–Crippen MR) is 143 cm³/mol. The fourth-order valence-corrected chi connectivity index (χ4v) is 4.81. The Bertz CT molecular complexity index is 1260. The molecule has 0 spiro atoms. The third-order valence-electron chi connectivity index (χ3n) is 5.36. The minimum atomic E-state index is -1.25. The fourth-order valence-electron chi connectivity index (χ4n) is 3.81. The fraction of sp³-hybridized carbons (Fsp3) is 0.111. The standard InChI is InChI=1S/C27H22N4O3S2/c28-19-35-17-16-34-31-24(25(32)33)23-18-36-26(29-23)30-27(20-10-4-1-5-11-20,21-12-6-2-7-13-21)22-14-8-3-9-15-22/h1-15,18H,16-17H2,(H,29,30)(H,32,33)/b31-24-. The molecule has 0 atom stereocenters. The number of aliphatic carboxylic acids is 1. The molecular weight excluding hydrogens is 492 g/mol. The van der Waals surface area contributed by atoms with Crippen molar-refractivity contribution in [2.75, 3.05) is 17.7 Å². The third-order valence-corrected chi connectivity index (χ3v) is 6.62. The van der Waals surface area contributed by atoms with Gasteiger partial charge in [-0.15, -0.1) is 11.3 Å². The van der Waals surface area contributed by atoms with E-state index in [2.05, 4.69) is 51.9 Å². The van der Waals surface area contributed by atoms with Crippen LogP contribution in [0.1, 0.15) is 22.4 Å². The van der Waals surface area contributed by atoms with Gasteiger partial charge in [0.1, 0.15) is 23.2 Å². The molecule has 4 rings (SSSR count). The number of thioether (sulfide) groups is 1. The Morgan fingerprint density at radius 2 is 1.53 bits per heavy atom. The second kappa shape index (κ2) is 12.0. The minimum Gasteiger partial charge on any atom is -0.476 e. The molecule has 9 heteroatoms. The van der Waals surface area contributed by atoms with Crippen molar-refractivity contribution in [3.8, 4) is 5.40 Å². The molecule has 0 radical (unpaired) electrons. The van der Waals surface area contributed by atoms with Crippen molar-refractivity contribution in [3.05, 3.63) is 119 Å². The molecule has 180 valence electrons. The number of hydrogen-bond acceptors (Lipinski definition) is 8. The number of hydrogen-bond donors (Lipinski definition) is 2. The van der Waals surface area contributed by atoms with Gasteiger partial charge >= 0.3 is 5.97 Å².